The average molecular weight is 1140 g/mol. The first-order valence-electron chi connectivity index (χ1n) is 21.5. The lowest BCUT2D eigenvalue weighted by molar-refractivity contribution is -0.689. The Morgan fingerprint density at radius 3 is 0.936 bits per heavy atom. The van der Waals surface area contributed by atoms with E-state index in [0.29, 0.717) is 5.88 Å². The van der Waals surface area contributed by atoms with Gasteiger partial charge < -0.3 is 4.74 Å². The summed E-state index contributed by atoms with van der Waals surface area (Å²) in [5.41, 5.74) is -27.7. The standard InChI is InChI=1S/C32H12BF24.C18H17N2O/c34-25(35,36)13-1-14(26(37,38)39)6-21(5-13)33(22-7-15(27(40,41)42)2-16(8-22)28(43,44)45,23-9-17(29(46,47)48)3-18(10-23)30(49,50)51)24-11-19(31(52,53)54)4-20(12-24)32(55,56)57;1-15-7-9-17(10-8-15)21-18-14-20(12-11-19-18)13-16-5-3-2-4-6-16/h1-12H;2-12,14H,13H2,1H3/q-1;+1. The zero-order chi connectivity index (χ0) is 58.4. The Hall–Kier alpha value is -7.42. The fourth-order valence-corrected chi connectivity index (χ4v) is 8.15. The third-order valence-electron chi connectivity index (χ3n) is 11.6. The van der Waals surface area contributed by atoms with E-state index in [4.69, 9.17) is 4.74 Å². The van der Waals surface area contributed by atoms with Gasteiger partial charge in [0, 0.05) is 5.56 Å². The van der Waals surface area contributed by atoms with Gasteiger partial charge in [-0.3, -0.25) is 0 Å². The molecule has 7 rings (SSSR count). The molecule has 0 fully saturated rings. The SMILES string of the molecule is Cc1ccc(Oc2c[n+](Cc3ccccc3)ccn2)cc1.FC(F)(F)c1cc([B-](c2cc(C(F)(F)F)cc(C(F)(F)F)c2)(c2cc(C(F)(F)F)cc(C(F)(F)F)c2)c2cc(C(F)(F)F)cc(C(F)(F)F)c2)cc(C(F)(F)F)c1. The van der Waals surface area contributed by atoms with Crippen molar-refractivity contribution in [1.82, 2.24) is 4.98 Å². The van der Waals surface area contributed by atoms with Gasteiger partial charge in [0.25, 0.3) is 5.88 Å². The summed E-state index contributed by atoms with van der Waals surface area (Å²) in [5.74, 6) is 1.39. The van der Waals surface area contributed by atoms with Gasteiger partial charge >= 0.3 is 49.4 Å². The molecule has 0 aliphatic heterocycles. The highest BCUT2D eigenvalue weighted by Crippen LogP contribution is 2.41. The molecule has 0 radical (unpaired) electrons. The Balaban J connectivity index is 0.000000387. The van der Waals surface area contributed by atoms with Crippen molar-refractivity contribution < 1.29 is 115 Å². The maximum atomic E-state index is 14.2. The molecule has 416 valence electrons. The molecule has 0 N–H and O–H groups in total. The summed E-state index contributed by atoms with van der Waals surface area (Å²) in [5, 5.41) is 0. The predicted molar refractivity (Wildman–Crippen MR) is 231 cm³/mol. The van der Waals surface area contributed by atoms with Gasteiger partial charge in [0.15, 0.2) is 12.7 Å². The van der Waals surface area contributed by atoms with Crippen LogP contribution in [0.4, 0.5) is 105 Å². The predicted octanol–water partition coefficient (Wildman–Crippen LogP) is 14.7. The number of rotatable bonds is 8. The van der Waals surface area contributed by atoms with E-state index in [2.05, 4.69) is 28.6 Å². The number of benzene rings is 6. The Labute approximate surface area is 423 Å². The maximum Gasteiger partial charge on any atom is 0.416 e. The summed E-state index contributed by atoms with van der Waals surface area (Å²) in [6.45, 7) is 2.85. The quantitative estimate of drug-likeness (QED) is 0.0861. The lowest BCUT2D eigenvalue weighted by Crippen LogP contribution is -2.75. The molecule has 1 heterocycles. The molecule has 6 aromatic carbocycles. The molecule has 0 spiro atoms. The van der Waals surface area contributed by atoms with Crippen molar-refractivity contribution in [3.05, 3.63) is 202 Å². The second-order valence-corrected chi connectivity index (χ2v) is 17.2. The first-order valence-corrected chi connectivity index (χ1v) is 21.5. The third kappa shape index (κ3) is 14.2. The molecule has 1 aromatic heterocycles. The van der Waals surface area contributed by atoms with Gasteiger partial charge in [-0.1, -0.05) is 96.6 Å². The zero-order valence-corrected chi connectivity index (χ0v) is 38.5. The number of hydrogen-bond donors (Lipinski definition) is 0. The van der Waals surface area contributed by atoms with Crippen LogP contribution in [0, 0.1) is 6.92 Å². The summed E-state index contributed by atoms with van der Waals surface area (Å²) in [7, 11) is 0. The largest absolute Gasteiger partial charge is 0.434 e. The van der Waals surface area contributed by atoms with Crippen LogP contribution in [-0.2, 0) is 56.0 Å². The van der Waals surface area contributed by atoms with Crippen LogP contribution in [0.5, 0.6) is 11.6 Å². The van der Waals surface area contributed by atoms with Crippen molar-refractivity contribution in [2.24, 2.45) is 0 Å². The summed E-state index contributed by atoms with van der Waals surface area (Å²) in [6, 6.07) is 9.45. The van der Waals surface area contributed by atoms with Gasteiger partial charge in [0.05, 0.1) is 50.7 Å². The molecule has 0 saturated carbocycles. The minimum absolute atomic E-state index is 0.595. The van der Waals surface area contributed by atoms with E-state index < -0.39 is 195 Å². The Kier molecular flexibility index (Phi) is 16.2. The van der Waals surface area contributed by atoms with E-state index >= 15 is 0 Å². The minimum Gasteiger partial charge on any atom is -0.434 e. The molecular weight excluding hydrogens is 1110 g/mol. The van der Waals surface area contributed by atoms with Gasteiger partial charge in [-0.25, -0.2) is 4.98 Å². The number of halogens is 24. The maximum absolute atomic E-state index is 14.2. The zero-order valence-electron chi connectivity index (χ0n) is 38.5. The number of aryl methyl sites for hydroxylation is 1. The smallest absolute Gasteiger partial charge is 0.416 e. The monoisotopic (exact) mass is 1140 g/mol. The molecule has 3 nitrogen and oxygen atoms in total. The van der Waals surface area contributed by atoms with Crippen LogP contribution < -0.4 is 31.2 Å². The fraction of sp³-hybridized carbons (Fsp3) is 0.200. The van der Waals surface area contributed by atoms with Crippen molar-refractivity contribution in [1.29, 1.82) is 0 Å². The van der Waals surface area contributed by atoms with E-state index in [-0.39, 0.29) is 0 Å². The van der Waals surface area contributed by atoms with E-state index in [1.807, 2.05) is 54.9 Å². The second kappa shape index (κ2) is 21.1. The van der Waals surface area contributed by atoms with Crippen molar-refractivity contribution in [3.8, 4) is 11.6 Å². The molecule has 0 unspecified atom stereocenters. The molecular formula is C50H29BF24N2O. The summed E-state index contributed by atoms with van der Waals surface area (Å²) in [4.78, 5) is 4.26. The summed E-state index contributed by atoms with van der Waals surface area (Å²) >= 11 is 0. The molecule has 0 aliphatic rings. The third-order valence-corrected chi connectivity index (χ3v) is 11.6. The van der Waals surface area contributed by atoms with Gasteiger partial charge in [0.2, 0.25) is 6.20 Å². The normalized spacial score (nSPS) is 13.2. The van der Waals surface area contributed by atoms with Gasteiger partial charge in [0.1, 0.15) is 11.9 Å². The number of ether oxygens (including phenoxy) is 1. The second-order valence-electron chi connectivity index (χ2n) is 17.2. The van der Waals surface area contributed by atoms with Gasteiger partial charge in [-0.05, 0) is 43.3 Å². The Morgan fingerprint density at radius 2 is 0.667 bits per heavy atom. The van der Waals surface area contributed by atoms with Crippen LogP contribution >= 0.6 is 0 Å². The molecule has 78 heavy (non-hydrogen) atoms. The lowest BCUT2D eigenvalue weighted by atomic mass is 9.12. The Bertz CT molecular complexity index is 2800. The number of nitrogens with zero attached hydrogens (tertiary/aromatic N) is 2. The van der Waals surface area contributed by atoms with E-state index in [0.717, 1.165) is 12.3 Å². The van der Waals surface area contributed by atoms with Gasteiger partial charge in [-0.2, -0.15) is 132 Å². The lowest BCUT2D eigenvalue weighted by Gasteiger charge is -2.46. The first kappa shape index (κ1) is 59.8. The topological polar surface area (TPSA) is 26.0 Å². The highest BCUT2D eigenvalue weighted by molar-refractivity contribution is 7.20. The van der Waals surface area contributed by atoms with Crippen LogP contribution in [0.3, 0.4) is 0 Å². The molecule has 0 saturated heterocycles. The molecule has 0 aliphatic carbocycles. The number of hydrogen-bond acceptors (Lipinski definition) is 2. The average Bonchev–Trinajstić information content (AvgIpc) is 3.35. The molecule has 0 amide bonds. The minimum atomic E-state index is -6.13. The van der Waals surface area contributed by atoms with Crippen molar-refractivity contribution in [3.63, 3.8) is 0 Å². The van der Waals surface area contributed by atoms with Crippen molar-refractivity contribution >= 4 is 28.0 Å². The van der Waals surface area contributed by atoms with Crippen LogP contribution in [-0.4, -0.2) is 11.1 Å². The van der Waals surface area contributed by atoms with Crippen LogP contribution in [0.25, 0.3) is 0 Å². The fourth-order valence-electron chi connectivity index (χ4n) is 8.15. The Morgan fingerprint density at radius 1 is 0.385 bits per heavy atom. The summed E-state index contributed by atoms with van der Waals surface area (Å²) < 4.78 is 349. The number of alkyl halides is 24. The van der Waals surface area contributed by atoms with Crippen LogP contribution in [0.2, 0.25) is 0 Å². The van der Waals surface area contributed by atoms with E-state index in [9.17, 15) is 105 Å². The summed E-state index contributed by atoms with van der Waals surface area (Å²) in [6.07, 6.45) is -49.2. The highest BCUT2D eigenvalue weighted by atomic mass is 19.4. The highest BCUT2D eigenvalue weighted by Gasteiger charge is 2.47. The number of aromatic nitrogens is 2. The van der Waals surface area contributed by atoms with Crippen LogP contribution in [0.1, 0.15) is 55.6 Å². The molecule has 7 aromatic rings. The van der Waals surface area contributed by atoms with Gasteiger partial charge in [-0.15, -0.1) is 0 Å². The van der Waals surface area contributed by atoms with E-state index in [1.165, 1.54) is 11.1 Å². The van der Waals surface area contributed by atoms with Crippen molar-refractivity contribution in [2.75, 3.05) is 0 Å². The van der Waals surface area contributed by atoms with Crippen LogP contribution in [0.15, 0.2) is 146 Å². The first-order chi connectivity index (χ1) is 35.6. The molecule has 28 heteroatoms. The van der Waals surface area contributed by atoms with Crippen molar-refractivity contribution in [2.45, 2.75) is 62.9 Å². The van der Waals surface area contributed by atoms with E-state index in [1.54, 1.807) is 6.20 Å². The molecule has 0 atom stereocenters. The molecule has 0 bridgehead atoms.